The fourth-order valence-electron chi connectivity index (χ4n) is 3.18. The van der Waals surface area contributed by atoms with Gasteiger partial charge in [-0.05, 0) is 50.2 Å². The summed E-state index contributed by atoms with van der Waals surface area (Å²) in [5.74, 6) is 0.649. The van der Waals surface area contributed by atoms with Crippen molar-refractivity contribution in [2.45, 2.75) is 20.4 Å². The standard InChI is InChI=1S/C21H17Cl2N3O4/c1-11-15(12(2)30-25-11)9-26-18-8-14(4-6-19(18)29-10-20(26)27)24-21(28)13-3-5-16(22)17(23)7-13/h3-8H,9-10H2,1-2H3,(H,24,28). The number of anilines is 2. The molecule has 0 radical (unpaired) electrons. The van der Waals surface area contributed by atoms with Crippen LogP contribution in [-0.2, 0) is 11.3 Å². The molecule has 9 heteroatoms. The minimum Gasteiger partial charge on any atom is -0.482 e. The van der Waals surface area contributed by atoms with Crippen LogP contribution in [0, 0.1) is 13.8 Å². The molecule has 30 heavy (non-hydrogen) atoms. The van der Waals surface area contributed by atoms with Gasteiger partial charge in [-0.15, -0.1) is 0 Å². The van der Waals surface area contributed by atoms with Crippen molar-refractivity contribution in [3.05, 3.63) is 69.0 Å². The number of nitrogens with one attached hydrogen (secondary N) is 1. The zero-order chi connectivity index (χ0) is 21.4. The van der Waals surface area contributed by atoms with Crippen molar-refractivity contribution in [2.75, 3.05) is 16.8 Å². The van der Waals surface area contributed by atoms with Crippen molar-refractivity contribution in [2.24, 2.45) is 0 Å². The smallest absolute Gasteiger partial charge is 0.265 e. The van der Waals surface area contributed by atoms with Gasteiger partial charge in [0, 0.05) is 16.8 Å². The maximum Gasteiger partial charge on any atom is 0.265 e. The summed E-state index contributed by atoms with van der Waals surface area (Å²) in [6, 6.07) is 9.75. The van der Waals surface area contributed by atoms with Crippen LogP contribution in [0.5, 0.6) is 5.75 Å². The van der Waals surface area contributed by atoms with Gasteiger partial charge in [0.2, 0.25) is 0 Å². The van der Waals surface area contributed by atoms with Gasteiger partial charge in [0.1, 0.15) is 11.5 Å². The highest BCUT2D eigenvalue weighted by Gasteiger charge is 2.28. The van der Waals surface area contributed by atoms with Crippen LogP contribution in [0.15, 0.2) is 40.9 Å². The van der Waals surface area contributed by atoms with E-state index in [0.29, 0.717) is 45.0 Å². The second kappa shape index (κ2) is 8.01. The summed E-state index contributed by atoms with van der Waals surface area (Å²) < 4.78 is 10.8. The summed E-state index contributed by atoms with van der Waals surface area (Å²) in [6.07, 6.45) is 0. The number of halogens is 2. The van der Waals surface area contributed by atoms with Crippen molar-refractivity contribution in [1.29, 1.82) is 0 Å². The summed E-state index contributed by atoms with van der Waals surface area (Å²) in [5.41, 5.74) is 2.98. The maximum absolute atomic E-state index is 12.6. The van der Waals surface area contributed by atoms with E-state index in [1.165, 1.54) is 6.07 Å². The van der Waals surface area contributed by atoms with Crippen LogP contribution in [0.3, 0.4) is 0 Å². The van der Waals surface area contributed by atoms with E-state index in [2.05, 4.69) is 10.5 Å². The predicted molar refractivity (Wildman–Crippen MR) is 114 cm³/mol. The van der Waals surface area contributed by atoms with E-state index in [0.717, 1.165) is 11.3 Å². The molecule has 0 fully saturated rings. The van der Waals surface area contributed by atoms with Gasteiger partial charge >= 0.3 is 0 Å². The van der Waals surface area contributed by atoms with Gasteiger partial charge in [-0.2, -0.15) is 0 Å². The van der Waals surface area contributed by atoms with Crippen LogP contribution in [0.4, 0.5) is 11.4 Å². The normalized spacial score (nSPS) is 13.1. The van der Waals surface area contributed by atoms with Crippen molar-refractivity contribution in [3.63, 3.8) is 0 Å². The van der Waals surface area contributed by atoms with E-state index in [1.54, 1.807) is 42.2 Å². The van der Waals surface area contributed by atoms with Gasteiger partial charge in [0.05, 0.1) is 28.0 Å². The third kappa shape index (κ3) is 3.86. The number of aryl methyl sites for hydroxylation is 2. The highest BCUT2D eigenvalue weighted by Crippen LogP contribution is 2.36. The number of fused-ring (bicyclic) bond motifs is 1. The second-order valence-electron chi connectivity index (χ2n) is 6.84. The number of hydrogen-bond donors (Lipinski definition) is 1. The fourth-order valence-corrected chi connectivity index (χ4v) is 3.48. The number of rotatable bonds is 4. The Morgan fingerprint density at radius 2 is 1.97 bits per heavy atom. The predicted octanol–water partition coefficient (Wildman–Crippen LogP) is 4.78. The molecular weight excluding hydrogens is 429 g/mol. The lowest BCUT2D eigenvalue weighted by Crippen LogP contribution is -2.38. The van der Waals surface area contributed by atoms with Crippen LogP contribution in [0.25, 0.3) is 0 Å². The third-order valence-electron chi connectivity index (χ3n) is 4.84. The van der Waals surface area contributed by atoms with E-state index in [1.807, 2.05) is 6.92 Å². The average molecular weight is 446 g/mol. The van der Waals surface area contributed by atoms with Gasteiger partial charge in [-0.1, -0.05) is 28.4 Å². The van der Waals surface area contributed by atoms with E-state index in [9.17, 15) is 9.59 Å². The molecule has 2 heterocycles. The van der Waals surface area contributed by atoms with Gasteiger partial charge in [0.15, 0.2) is 6.61 Å². The second-order valence-corrected chi connectivity index (χ2v) is 7.65. The topological polar surface area (TPSA) is 84.7 Å². The van der Waals surface area contributed by atoms with Gasteiger partial charge in [-0.25, -0.2) is 0 Å². The first kappa shape index (κ1) is 20.3. The minimum absolute atomic E-state index is 0.0641. The molecule has 4 rings (SSSR count). The summed E-state index contributed by atoms with van der Waals surface area (Å²) >= 11 is 11.9. The molecule has 7 nitrogen and oxygen atoms in total. The molecule has 1 aliphatic rings. The Morgan fingerprint density at radius 1 is 1.17 bits per heavy atom. The average Bonchev–Trinajstić information content (AvgIpc) is 3.04. The zero-order valence-electron chi connectivity index (χ0n) is 16.2. The van der Waals surface area contributed by atoms with Gasteiger partial charge < -0.3 is 19.5 Å². The molecule has 1 aromatic heterocycles. The molecule has 0 bridgehead atoms. The molecule has 0 saturated heterocycles. The van der Waals surface area contributed by atoms with E-state index >= 15 is 0 Å². The van der Waals surface area contributed by atoms with Crippen LogP contribution >= 0.6 is 23.2 Å². The largest absolute Gasteiger partial charge is 0.482 e. The summed E-state index contributed by atoms with van der Waals surface area (Å²) in [4.78, 5) is 26.8. The van der Waals surface area contributed by atoms with Crippen LogP contribution in [-0.4, -0.2) is 23.6 Å². The molecule has 1 N–H and O–H groups in total. The number of hydrogen-bond acceptors (Lipinski definition) is 5. The van der Waals surface area contributed by atoms with E-state index in [4.69, 9.17) is 32.5 Å². The molecular formula is C21H17Cl2N3O4. The van der Waals surface area contributed by atoms with Crippen molar-refractivity contribution in [1.82, 2.24) is 5.16 Å². The molecule has 0 unspecified atom stereocenters. The highest BCUT2D eigenvalue weighted by molar-refractivity contribution is 6.42. The molecule has 0 saturated carbocycles. The minimum atomic E-state index is -0.353. The quantitative estimate of drug-likeness (QED) is 0.624. The molecule has 2 amide bonds. The van der Waals surface area contributed by atoms with Gasteiger partial charge in [0.25, 0.3) is 11.8 Å². The summed E-state index contributed by atoms with van der Waals surface area (Å²) in [7, 11) is 0. The monoisotopic (exact) mass is 445 g/mol. The Bertz CT molecular complexity index is 1140. The van der Waals surface area contributed by atoms with Crippen LogP contribution in [0.2, 0.25) is 10.0 Å². The van der Waals surface area contributed by atoms with Crippen LogP contribution < -0.4 is 15.0 Å². The summed E-state index contributed by atoms with van der Waals surface area (Å²) in [5, 5.41) is 7.41. The molecule has 0 spiro atoms. The van der Waals surface area contributed by atoms with Crippen LogP contribution in [0.1, 0.15) is 27.4 Å². The highest BCUT2D eigenvalue weighted by atomic mass is 35.5. The van der Waals surface area contributed by atoms with Crippen molar-refractivity contribution < 1.29 is 18.8 Å². The summed E-state index contributed by atoms with van der Waals surface area (Å²) in [6.45, 7) is 3.85. The lowest BCUT2D eigenvalue weighted by atomic mass is 10.1. The Labute approximate surface area is 182 Å². The molecule has 154 valence electrons. The number of nitrogens with zero attached hydrogens (tertiary/aromatic N) is 2. The number of carbonyl (C=O) groups is 2. The first-order chi connectivity index (χ1) is 14.3. The molecule has 1 aliphatic heterocycles. The Hall–Kier alpha value is -3.03. The van der Waals surface area contributed by atoms with Crippen molar-refractivity contribution >= 4 is 46.4 Å². The Balaban J connectivity index is 1.62. The molecule has 3 aromatic rings. The zero-order valence-corrected chi connectivity index (χ0v) is 17.7. The third-order valence-corrected chi connectivity index (χ3v) is 5.58. The Kier molecular flexibility index (Phi) is 5.40. The number of aromatic nitrogens is 1. The van der Waals surface area contributed by atoms with E-state index in [-0.39, 0.29) is 18.4 Å². The Morgan fingerprint density at radius 3 is 2.67 bits per heavy atom. The molecule has 0 aliphatic carbocycles. The number of ether oxygens (including phenoxy) is 1. The maximum atomic E-state index is 12.6. The van der Waals surface area contributed by atoms with Crippen molar-refractivity contribution in [3.8, 4) is 5.75 Å². The number of benzene rings is 2. The first-order valence-electron chi connectivity index (χ1n) is 9.09. The van der Waals surface area contributed by atoms with Gasteiger partial charge in [-0.3, -0.25) is 9.59 Å². The lowest BCUT2D eigenvalue weighted by molar-refractivity contribution is -0.121. The molecule has 0 atom stereocenters. The molecule has 2 aromatic carbocycles. The number of amides is 2. The first-order valence-corrected chi connectivity index (χ1v) is 9.84. The SMILES string of the molecule is Cc1noc(C)c1CN1C(=O)COc2ccc(NC(=O)c3ccc(Cl)c(Cl)c3)cc21. The lowest BCUT2D eigenvalue weighted by Gasteiger charge is -2.29. The van der Waals surface area contributed by atoms with E-state index < -0.39 is 0 Å². The fraction of sp³-hybridized carbons (Fsp3) is 0.190. The number of carbonyl (C=O) groups excluding carboxylic acids is 2.